The van der Waals surface area contributed by atoms with Gasteiger partial charge in [0, 0.05) is 37.0 Å². The third-order valence-corrected chi connectivity index (χ3v) is 10.0. The van der Waals surface area contributed by atoms with Crippen LogP contribution in [0.5, 0.6) is 0 Å². The van der Waals surface area contributed by atoms with E-state index in [4.69, 9.17) is 21.1 Å². The van der Waals surface area contributed by atoms with Gasteiger partial charge >= 0.3 is 0 Å². The van der Waals surface area contributed by atoms with Gasteiger partial charge in [0.15, 0.2) is 25.5 Å². The van der Waals surface area contributed by atoms with Crippen LogP contribution in [0.4, 0.5) is 0 Å². The highest BCUT2D eigenvalue weighted by molar-refractivity contribution is 7.96. The first-order valence-electron chi connectivity index (χ1n) is 8.93. The average molecular weight is 436 g/mol. The molecular formula is C17H22ClNO6S2. The second-order valence-electron chi connectivity index (χ2n) is 7.33. The van der Waals surface area contributed by atoms with Crippen LogP contribution in [0.2, 0.25) is 5.02 Å². The van der Waals surface area contributed by atoms with E-state index in [1.165, 1.54) is 24.3 Å². The quantitative estimate of drug-likeness (QED) is 0.702. The number of rotatable bonds is 3. The first kappa shape index (κ1) is 19.6. The summed E-state index contributed by atoms with van der Waals surface area (Å²) in [6.07, 6.45) is 1.22. The topological polar surface area (TPSA) is 90.0 Å². The molecule has 3 saturated heterocycles. The van der Waals surface area contributed by atoms with Crippen LogP contribution in [0.3, 0.4) is 0 Å². The lowest BCUT2D eigenvalue weighted by Gasteiger charge is -2.41. The first-order valence-corrected chi connectivity index (χ1v) is 12.7. The Morgan fingerprint density at radius 3 is 2.22 bits per heavy atom. The fraction of sp³-hybridized carbons (Fsp3) is 0.647. The van der Waals surface area contributed by atoms with E-state index in [1.807, 2.05) is 4.90 Å². The van der Waals surface area contributed by atoms with Gasteiger partial charge in [-0.15, -0.1) is 0 Å². The van der Waals surface area contributed by atoms with Crippen molar-refractivity contribution in [3.05, 3.63) is 29.3 Å². The maximum Gasteiger partial charge on any atom is 0.183 e. The minimum atomic E-state index is -3.79. The third kappa shape index (κ3) is 3.77. The van der Waals surface area contributed by atoms with Gasteiger partial charge in [0.1, 0.15) is 0 Å². The predicted molar refractivity (Wildman–Crippen MR) is 100 cm³/mol. The lowest BCUT2D eigenvalue weighted by Crippen LogP contribution is -2.53. The largest absolute Gasteiger partial charge is 0.347 e. The predicted octanol–water partition coefficient (Wildman–Crippen LogP) is 1.12. The van der Waals surface area contributed by atoms with Crippen LogP contribution in [0.1, 0.15) is 12.8 Å². The molecule has 0 unspecified atom stereocenters. The van der Waals surface area contributed by atoms with E-state index < -0.39 is 36.8 Å². The number of sulfone groups is 2. The molecule has 0 radical (unpaired) electrons. The number of halogens is 1. The molecule has 3 aliphatic heterocycles. The summed E-state index contributed by atoms with van der Waals surface area (Å²) in [7, 11) is -7.22. The normalized spacial score (nSPS) is 30.7. The molecule has 3 fully saturated rings. The zero-order valence-corrected chi connectivity index (χ0v) is 17.1. The lowest BCUT2D eigenvalue weighted by molar-refractivity contribution is -0.187. The molecule has 0 bridgehead atoms. The highest BCUT2D eigenvalue weighted by Gasteiger charge is 2.50. The fourth-order valence-electron chi connectivity index (χ4n) is 4.21. The minimum absolute atomic E-state index is 0.106. The summed E-state index contributed by atoms with van der Waals surface area (Å²) >= 11 is 5.85. The molecule has 0 amide bonds. The van der Waals surface area contributed by atoms with E-state index in [0.29, 0.717) is 44.2 Å². The molecule has 27 heavy (non-hydrogen) atoms. The summed E-state index contributed by atoms with van der Waals surface area (Å²) in [5.74, 6) is -1.07. The Bertz CT molecular complexity index is 899. The standard InChI is InChI=1S/C17H22ClNO6S2/c18-13-1-3-14(4-2-13)27(22,23)16-12-26(20,21)11-15(16)19-7-5-17(6-8-19)24-9-10-25-17/h1-4,15-16H,5-12H2/t15-,16-/m0/s1. The number of hydrogen-bond acceptors (Lipinski definition) is 7. The van der Waals surface area contributed by atoms with Gasteiger partial charge in [0.05, 0.1) is 34.9 Å². The highest BCUT2D eigenvalue weighted by atomic mass is 35.5. The fourth-order valence-corrected chi connectivity index (χ4v) is 9.17. The summed E-state index contributed by atoms with van der Waals surface area (Å²) in [4.78, 5) is 2.08. The van der Waals surface area contributed by atoms with Gasteiger partial charge in [-0.25, -0.2) is 16.8 Å². The van der Waals surface area contributed by atoms with Crippen LogP contribution < -0.4 is 0 Å². The molecule has 10 heteroatoms. The van der Waals surface area contributed by atoms with Gasteiger partial charge in [-0.3, -0.25) is 4.90 Å². The Morgan fingerprint density at radius 1 is 1.04 bits per heavy atom. The van der Waals surface area contributed by atoms with Crippen molar-refractivity contribution in [2.45, 2.75) is 34.8 Å². The second-order valence-corrected chi connectivity index (χ2v) is 12.1. The van der Waals surface area contributed by atoms with Crippen LogP contribution in [0, 0.1) is 0 Å². The molecule has 1 aromatic rings. The Morgan fingerprint density at radius 2 is 1.63 bits per heavy atom. The minimum Gasteiger partial charge on any atom is -0.347 e. The molecular weight excluding hydrogens is 414 g/mol. The van der Waals surface area contributed by atoms with E-state index in [1.54, 1.807) is 0 Å². The van der Waals surface area contributed by atoms with Gasteiger partial charge < -0.3 is 9.47 Å². The summed E-state index contributed by atoms with van der Waals surface area (Å²) in [5, 5.41) is -0.550. The van der Waals surface area contributed by atoms with Gasteiger partial charge in [-0.2, -0.15) is 0 Å². The van der Waals surface area contributed by atoms with Crippen molar-refractivity contribution in [1.82, 2.24) is 4.90 Å². The van der Waals surface area contributed by atoms with Crippen LogP contribution >= 0.6 is 11.6 Å². The Balaban J connectivity index is 1.58. The molecule has 150 valence electrons. The Kier molecular flexibility index (Phi) is 5.05. The molecule has 1 spiro atoms. The zero-order chi connectivity index (χ0) is 19.3. The van der Waals surface area contributed by atoms with E-state index in [9.17, 15) is 16.8 Å². The number of nitrogens with zero attached hydrogens (tertiary/aromatic N) is 1. The molecule has 7 nitrogen and oxygen atoms in total. The van der Waals surface area contributed by atoms with Crippen molar-refractivity contribution >= 4 is 31.3 Å². The highest BCUT2D eigenvalue weighted by Crippen LogP contribution is 2.36. The van der Waals surface area contributed by atoms with Gasteiger partial charge in [0.2, 0.25) is 0 Å². The first-order chi connectivity index (χ1) is 12.7. The number of hydrogen-bond donors (Lipinski definition) is 0. The summed E-state index contributed by atoms with van der Waals surface area (Å²) in [6.45, 7) is 2.22. The number of likely N-dealkylation sites (tertiary alicyclic amines) is 1. The molecule has 3 heterocycles. The molecule has 0 aromatic heterocycles. The summed E-state index contributed by atoms with van der Waals surface area (Å²) in [6, 6.07) is 5.32. The number of benzene rings is 1. The molecule has 3 aliphatic rings. The third-order valence-electron chi connectivity index (χ3n) is 5.66. The average Bonchev–Trinajstić information content (AvgIpc) is 3.20. The number of piperidine rings is 1. The van der Waals surface area contributed by atoms with Gasteiger partial charge in [-0.1, -0.05) is 11.6 Å². The maximum absolute atomic E-state index is 13.2. The van der Waals surface area contributed by atoms with Crippen molar-refractivity contribution in [1.29, 1.82) is 0 Å². The lowest BCUT2D eigenvalue weighted by atomic mass is 10.0. The summed E-state index contributed by atoms with van der Waals surface area (Å²) in [5.41, 5.74) is 0. The van der Waals surface area contributed by atoms with Crippen molar-refractivity contribution in [2.24, 2.45) is 0 Å². The van der Waals surface area contributed by atoms with Crippen LogP contribution in [-0.4, -0.2) is 76.6 Å². The molecule has 0 saturated carbocycles. The van der Waals surface area contributed by atoms with Crippen molar-refractivity contribution in [3.8, 4) is 0 Å². The van der Waals surface area contributed by atoms with E-state index in [-0.39, 0.29) is 16.4 Å². The van der Waals surface area contributed by atoms with E-state index in [2.05, 4.69) is 0 Å². The SMILES string of the molecule is O=S1(=O)C[C@H](N2CCC3(CC2)OCCO3)[C@@H](S(=O)(=O)c2ccc(Cl)cc2)C1. The molecule has 4 rings (SSSR count). The maximum atomic E-state index is 13.2. The molecule has 0 N–H and O–H groups in total. The second kappa shape index (κ2) is 6.96. The van der Waals surface area contributed by atoms with Crippen LogP contribution in [0.25, 0.3) is 0 Å². The van der Waals surface area contributed by atoms with Gasteiger partial charge in [0.25, 0.3) is 0 Å². The van der Waals surface area contributed by atoms with Crippen molar-refractivity contribution in [2.75, 3.05) is 37.8 Å². The van der Waals surface area contributed by atoms with Gasteiger partial charge in [-0.05, 0) is 24.3 Å². The zero-order valence-electron chi connectivity index (χ0n) is 14.7. The molecule has 1 aromatic carbocycles. The van der Waals surface area contributed by atoms with Crippen molar-refractivity contribution in [3.63, 3.8) is 0 Å². The Hall–Kier alpha value is -0.710. The molecule has 2 atom stereocenters. The number of ether oxygens (including phenoxy) is 2. The van der Waals surface area contributed by atoms with E-state index in [0.717, 1.165) is 0 Å². The van der Waals surface area contributed by atoms with E-state index >= 15 is 0 Å². The molecule has 0 aliphatic carbocycles. The smallest absolute Gasteiger partial charge is 0.183 e. The summed E-state index contributed by atoms with van der Waals surface area (Å²) < 4.78 is 62.4. The Labute approximate surface area is 164 Å². The van der Waals surface area contributed by atoms with Crippen LogP contribution in [-0.2, 0) is 29.1 Å². The van der Waals surface area contributed by atoms with Crippen LogP contribution in [0.15, 0.2) is 29.2 Å². The monoisotopic (exact) mass is 435 g/mol. The van der Waals surface area contributed by atoms with Crippen molar-refractivity contribution < 1.29 is 26.3 Å².